The Labute approximate surface area is 134 Å². The van der Waals surface area contributed by atoms with E-state index in [0.29, 0.717) is 16.5 Å². The van der Waals surface area contributed by atoms with Crippen LogP contribution in [0.3, 0.4) is 0 Å². The summed E-state index contributed by atoms with van der Waals surface area (Å²) in [6.07, 6.45) is 0.697. The van der Waals surface area contributed by atoms with Crippen LogP contribution in [-0.4, -0.2) is 14.2 Å². The molecule has 1 aromatic heterocycles. The van der Waals surface area contributed by atoms with Gasteiger partial charge in [-0.3, -0.25) is 0 Å². The van der Waals surface area contributed by atoms with Crippen LogP contribution >= 0.6 is 23.1 Å². The monoisotopic (exact) mass is 338 g/mol. The predicted molar refractivity (Wildman–Crippen MR) is 90.1 cm³/mol. The SMILES string of the molecule is CC(C)c1ccc(SC2CCS(=O)(=O)c3sccc32)cc1. The fourth-order valence-electron chi connectivity index (χ4n) is 2.53. The van der Waals surface area contributed by atoms with E-state index in [0.717, 1.165) is 5.56 Å². The average Bonchev–Trinajstić information content (AvgIpc) is 2.94. The Hall–Kier alpha value is -0.780. The maximum absolute atomic E-state index is 12.1. The second-order valence-corrected chi connectivity index (χ2v) is 10.1. The molecule has 2 nitrogen and oxygen atoms in total. The highest BCUT2D eigenvalue weighted by Gasteiger charge is 2.32. The maximum Gasteiger partial charge on any atom is 0.188 e. The maximum atomic E-state index is 12.1. The summed E-state index contributed by atoms with van der Waals surface area (Å²) in [6.45, 7) is 4.37. The number of hydrogen-bond donors (Lipinski definition) is 0. The van der Waals surface area contributed by atoms with Gasteiger partial charge < -0.3 is 0 Å². The molecule has 2 heterocycles. The molecule has 1 atom stereocenters. The molecule has 0 fully saturated rings. The number of thioether (sulfide) groups is 1. The van der Waals surface area contributed by atoms with Crippen LogP contribution in [0.5, 0.6) is 0 Å². The van der Waals surface area contributed by atoms with Gasteiger partial charge in [0.2, 0.25) is 0 Å². The van der Waals surface area contributed by atoms with E-state index in [1.807, 2.05) is 11.4 Å². The van der Waals surface area contributed by atoms with Crippen LogP contribution in [0.2, 0.25) is 0 Å². The second kappa shape index (κ2) is 5.78. The summed E-state index contributed by atoms with van der Waals surface area (Å²) < 4.78 is 24.7. The molecule has 1 unspecified atom stereocenters. The normalized spacial score (nSPS) is 20.4. The van der Waals surface area contributed by atoms with E-state index in [2.05, 4.69) is 38.1 Å². The first-order chi connectivity index (χ1) is 9.97. The summed E-state index contributed by atoms with van der Waals surface area (Å²) in [4.78, 5) is 1.21. The summed E-state index contributed by atoms with van der Waals surface area (Å²) >= 11 is 3.13. The Morgan fingerprint density at radius 3 is 2.57 bits per heavy atom. The van der Waals surface area contributed by atoms with E-state index in [1.165, 1.54) is 21.8 Å². The van der Waals surface area contributed by atoms with E-state index >= 15 is 0 Å². The molecule has 0 amide bonds. The van der Waals surface area contributed by atoms with E-state index in [9.17, 15) is 8.42 Å². The van der Waals surface area contributed by atoms with Gasteiger partial charge in [-0.2, -0.15) is 0 Å². The molecule has 0 bridgehead atoms. The molecule has 0 saturated carbocycles. The van der Waals surface area contributed by atoms with E-state index < -0.39 is 9.84 Å². The van der Waals surface area contributed by atoms with Crippen LogP contribution in [0.25, 0.3) is 0 Å². The van der Waals surface area contributed by atoms with Crippen molar-refractivity contribution in [2.75, 3.05) is 5.75 Å². The lowest BCUT2D eigenvalue weighted by Gasteiger charge is -2.22. The minimum absolute atomic E-state index is 0.250. The van der Waals surface area contributed by atoms with Gasteiger partial charge in [-0.1, -0.05) is 26.0 Å². The van der Waals surface area contributed by atoms with Crippen LogP contribution in [-0.2, 0) is 9.84 Å². The Balaban J connectivity index is 1.83. The molecule has 112 valence electrons. The van der Waals surface area contributed by atoms with Crippen LogP contribution in [0.1, 0.15) is 42.6 Å². The van der Waals surface area contributed by atoms with Crippen molar-refractivity contribution in [3.8, 4) is 0 Å². The Kier molecular flexibility index (Phi) is 4.17. The van der Waals surface area contributed by atoms with Crippen molar-refractivity contribution in [2.24, 2.45) is 0 Å². The third-order valence-corrected chi connectivity index (χ3v) is 8.43. The lowest BCUT2D eigenvalue weighted by atomic mass is 10.0. The molecular formula is C16H18O2S3. The topological polar surface area (TPSA) is 34.1 Å². The van der Waals surface area contributed by atoms with Gasteiger partial charge in [0.25, 0.3) is 0 Å². The highest BCUT2D eigenvalue weighted by molar-refractivity contribution is 8.00. The van der Waals surface area contributed by atoms with Crippen molar-refractivity contribution in [3.63, 3.8) is 0 Å². The summed E-state index contributed by atoms with van der Waals surface area (Å²) in [7, 11) is -3.04. The number of thiophene rings is 1. The van der Waals surface area contributed by atoms with Crippen LogP contribution in [0, 0.1) is 0 Å². The van der Waals surface area contributed by atoms with Crippen molar-refractivity contribution >= 4 is 32.9 Å². The van der Waals surface area contributed by atoms with Gasteiger partial charge >= 0.3 is 0 Å². The van der Waals surface area contributed by atoms with E-state index in [-0.39, 0.29) is 11.0 Å². The Morgan fingerprint density at radius 2 is 1.90 bits per heavy atom. The smallest absolute Gasteiger partial charge is 0.188 e. The van der Waals surface area contributed by atoms with E-state index in [1.54, 1.807) is 11.8 Å². The van der Waals surface area contributed by atoms with Gasteiger partial charge in [0.1, 0.15) is 4.21 Å². The largest absolute Gasteiger partial charge is 0.223 e. The van der Waals surface area contributed by atoms with Gasteiger partial charge in [-0.15, -0.1) is 23.1 Å². The molecule has 1 aliphatic rings. The highest BCUT2D eigenvalue weighted by Crippen LogP contribution is 2.46. The van der Waals surface area contributed by atoms with Crippen LogP contribution in [0.4, 0.5) is 0 Å². The molecule has 0 radical (unpaired) electrons. The number of benzene rings is 1. The van der Waals surface area contributed by atoms with Crippen molar-refractivity contribution in [1.82, 2.24) is 0 Å². The zero-order valence-electron chi connectivity index (χ0n) is 12.1. The second-order valence-electron chi connectivity index (χ2n) is 5.60. The summed E-state index contributed by atoms with van der Waals surface area (Å²) in [5.74, 6) is 0.801. The molecule has 0 spiro atoms. The number of rotatable bonds is 3. The first-order valence-corrected chi connectivity index (χ1v) is 10.5. The third-order valence-electron chi connectivity index (χ3n) is 3.76. The molecule has 0 N–H and O–H groups in total. The first kappa shape index (κ1) is 15.1. The zero-order chi connectivity index (χ0) is 15.0. The van der Waals surface area contributed by atoms with Crippen molar-refractivity contribution in [3.05, 3.63) is 46.8 Å². The van der Waals surface area contributed by atoms with Gasteiger partial charge in [0.15, 0.2) is 9.84 Å². The van der Waals surface area contributed by atoms with Crippen molar-refractivity contribution in [1.29, 1.82) is 0 Å². The van der Waals surface area contributed by atoms with Crippen molar-refractivity contribution < 1.29 is 8.42 Å². The Bertz CT molecular complexity index is 727. The van der Waals surface area contributed by atoms with Crippen LogP contribution in [0.15, 0.2) is 44.8 Å². The number of hydrogen-bond acceptors (Lipinski definition) is 4. The molecule has 5 heteroatoms. The summed E-state index contributed by atoms with van der Waals surface area (Å²) in [6, 6.07) is 10.6. The summed E-state index contributed by atoms with van der Waals surface area (Å²) in [5, 5.41) is 2.14. The molecular weight excluding hydrogens is 320 g/mol. The molecule has 1 aromatic carbocycles. The van der Waals surface area contributed by atoms with Crippen molar-refractivity contribution in [2.45, 2.75) is 40.5 Å². The standard InChI is InChI=1S/C16H18O2S3/c1-11(2)12-3-5-13(6-4-12)20-15-8-10-21(17,18)16-14(15)7-9-19-16/h3-7,9,11,15H,8,10H2,1-2H3. The number of fused-ring (bicyclic) bond motifs is 1. The molecule has 1 aliphatic heterocycles. The molecule has 21 heavy (non-hydrogen) atoms. The minimum atomic E-state index is -3.04. The fourth-order valence-corrected chi connectivity index (χ4v) is 6.99. The van der Waals surface area contributed by atoms with Crippen LogP contribution < -0.4 is 0 Å². The van der Waals surface area contributed by atoms with E-state index in [4.69, 9.17) is 0 Å². The molecule has 0 saturated heterocycles. The first-order valence-electron chi connectivity index (χ1n) is 7.04. The molecule has 0 aliphatic carbocycles. The van der Waals surface area contributed by atoms with Gasteiger partial charge in [-0.05, 0) is 47.0 Å². The lowest BCUT2D eigenvalue weighted by Crippen LogP contribution is -2.16. The Morgan fingerprint density at radius 1 is 1.19 bits per heavy atom. The molecule has 2 aromatic rings. The van der Waals surface area contributed by atoms with Gasteiger partial charge in [0, 0.05) is 10.1 Å². The van der Waals surface area contributed by atoms with Gasteiger partial charge in [0.05, 0.1) is 5.75 Å². The number of sulfone groups is 1. The highest BCUT2D eigenvalue weighted by atomic mass is 32.2. The average molecular weight is 339 g/mol. The molecule has 3 rings (SSSR count). The zero-order valence-corrected chi connectivity index (χ0v) is 14.5. The third kappa shape index (κ3) is 3.05. The summed E-state index contributed by atoms with van der Waals surface area (Å²) in [5.41, 5.74) is 2.32. The minimum Gasteiger partial charge on any atom is -0.223 e. The quantitative estimate of drug-likeness (QED) is 0.799. The fraction of sp³-hybridized carbons (Fsp3) is 0.375. The lowest BCUT2D eigenvalue weighted by molar-refractivity contribution is 0.588. The van der Waals surface area contributed by atoms with Gasteiger partial charge in [-0.25, -0.2) is 8.42 Å². The predicted octanol–water partition coefficient (Wildman–Crippen LogP) is 4.88.